The van der Waals surface area contributed by atoms with Gasteiger partial charge in [-0.05, 0) is 51.7 Å². The molecule has 2 aliphatic rings. The van der Waals surface area contributed by atoms with Crippen LogP contribution in [0.3, 0.4) is 0 Å². The highest BCUT2D eigenvalue weighted by Crippen LogP contribution is 2.18. The smallest absolute Gasteiger partial charge is 0.279 e. The van der Waals surface area contributed by atoms with E-state index in [0.717, 1.165) is 32.5 Å². The van der Waals surface area contributed by atoms with Gasteiger partial charge in [-0.3, -0.25) is 0 Å². The van der Waals surface area contributed by atoms with E-state index in [1.54, 1.807) is 7.05 Å². The zero-order chi connectivity index (χ0) is 14.6. The molecule has 0 spiro atoms. The largest absolute Gasteiger partial charge is 0.314 e. The molecular formula is C13H28N4O2S. The summed E-state index contributed by atoms with van der Waals surface area (Å²) in [5.41, 5.74) is 0. The van der Waals surface area contributed by atoms with Gasteiger partial charge in [-0.15, -0.1) is 0 Å². The summed E-state index contributed by atoms with van der Waals surface area (Å²) in [6, 6.07) is 0.689. The minimum atomic E-state index is -3.31. The van der Waals surface area contributed by atoms with Crippen LogP contribution in [-0.4, -0.2) is 70.5 Å². The van der Waals surface area contributed by atoms with E-state index in [9.17, 15) is 8.42 Å². The Bertz CT molecular complexity index is 397. The molecule has 0 aromatic heterocycles. The van der Waals surface area contributed by atoms with Crippen molar-refractivity contribution >= 4 is 10.2 Å². The van der Waals surface area contributed by atoms with Crippen molar-refractivity contribution in [3.63, 3.8) is 0 Å². The Kier molecular flexibility index (Phi) is 5.80. The number of rotatable bonds is 9. The quantitative estimate of drug-likeness (QED) is 0.581. The van der Waals surface area contributed by atoms with Crippen molar-refractivity contribution in [2.45, 2.75) is 31.7 Å². The molecule has 0 aromatic carbocycles. The van der Waals surface area contributed by atoms with Gasteiger partial charge < -0.3 is 10.2 Å². The van der Waals surface area contributed by atoms with Crippen LogP contribution in [0.4, 0.5) is 0 Å². The molecule has 1 aliphatic carbocycles. The van der Waals surface area contributed by atoms with Crippen LogP contribution < -0.4 is 10.0 Å². The van der Waals surface area contributed by atoms with Gasteiger partial charge in [-0.2, -0.15) is 12.7 Å². The van der Waals surface area contributed by atoms with Crippen LogP contribution in [0.15, 0.2) is 0 Å². The normalized spacial score (nSPS) is 24.6. The molecule has 1 saturated carbocycles. The van der Waals surface area contributed by atoms with Crippen molar-refractivity contribution in [3.8, 4) is 0 Å². The molecule has 2 fully saturated rings. The molecule has 6 nitrogen and oxygen atoms in total. The van der Waals surface area contributed by atoms with E-state index in [1.807, 2.05) is 0 Å². The summed E-state index contributed by atoms with van der Waals surface area (Å²) in [7, 11) is 0.417. The highest BCUT2D eigenvalue weighted by atomic mass is 32.2. The van der Waals surface area contributed by atoms with E-state index >= 15 is 0 Å². The summed E-state index contributed by atoms with van der Waals surface area (Å²) in [6.07, 6.45) is 4.48. The standard InChI is InChI=1S/C13H28N4O2S/c1-16-9-6-12(11-16)10-15-20(18,19)17(2)8-3-7-14-13-4-5-13/h12-15H,3-11H2,1-2H3. The molecule has 0 radical (unpaired) electrons. The first kappa shape index (κ1) is 16.2. The average molecular weight is 304 g/mol. The summed E-state index contributed by atoms with van der Waals surface area (Å²) < 4.78 is 28.3. The summed E-state index contributed by atoms with van der Waals surface area (Å²) >= 11 is 0. The number of nitrogens with one attached hydrogen (secondary N) is 2. The van der Waals surface area contributed by atoms with Gasteiger partial charge in [0.25, 0.3) is 10.2 Å². The second-order valence-electron chi connectivity index (χ2n) is 6.17. The summed E-state index contributed by atoms with van der Waals surface area (Å²) in [6.45, 7) is 4.07. The van der Waals surface area contributed by atoms with E-state index in [-0.39, 0.29) is 0 Å². The highest BCUT2D eigenvalue weighted by Gasteiger charge is 2.24. The zero-order valence-electron chi connectivity index (χ0n) is 12.6. The van der Waals surface area contributed by atoms with Gasteiger partial charge in [0.05, 0.1) is 0 Å². The number of likely N-dealkylation sites (tertiary alicyclic amines) is 1. The van der Waals surface area contributed by atoms with Crippen LogP contribution in [-0.2, 0) is 10.2 Å². The predicted molar refractivity (Wildman–Crippen MR) is 80.8 cm³/mol. The van der Waals surface area contributed by atoms with Crippen molar-refractivity contribution in [2.75, 3.05) is 46.8 Å². The maximum absolute atomic E-state index is 12.1. The molecule has 1 saturated heterocycles. The minimum Gasteiger partial charge on any atom is -0.314 e. The summed E-state index contributed by atoms with van der Waals surface area (Å²) in [4.78, 5) is 2.24. The lowest BCUT2D eigenvalue weighted by molar-refractivity contribution is 0.390. The molecule has 0 bridgehead atoms. The Hall–Kier alpha value is -0.210. The molecule has 2 rings (SSSR count). The molecular weight excluding hydrogens is 276 g/mol. The van der Waals surface area contributed by atoms with Crippen molar-refractivity contribution in [1.29, 1.82) is 0 Å². The van der Waals surface area contributed by atoms with Crippen LogP contribution >= 0.6 is 0 Å². The Morgan fingerprint density at radius 1 is 1.30 bits per heavy atom. The summed E-state index contributed by atoms with van der Waals surface area (Å²) in [5, 5.41) is 3.40. The number of hydrogen-bond acceptors (Lipinski definition) is 4. The van der Waals surface area contributed by atoms with Crippen LogP contribution in [0.25, 0.3) is 0 Å². The highest BCUT2D eigenvalue weighted by molar-refractivity contribution is 7.87. The Labute approximate surface area is 123 Å². The average Bonchev–Trinajstić information content (AvgIpc) is 3.13. The van der Waals surface area contributed by atoms with Crippen molar-refractivity contribution in [2.24, 2.45) is 5.92 Å². The fraction of sp³-hybridized carbons (Fsp3) is 1.00. The number of hydrogen-bond donors (Lipinski definition) is 2. The minimum absolute atomic E-state index is 0.444. The van der Waals surface area contributed by atoms with Gasteiger partial charge >= 0.3 is 0 Å². The van der Waals surface area contributed by atoms with Crippen molar-refractivity contribution in [3.05, 3.63) is 0 Å². The third-order valence-electron chi connectivity index (χ3n) is 4.11. The molecule has 7 heteroatoms. The third kappa shape index (κ3) is 5.29. The number of nitrogens with zero attached hydrogens (tertiary/aromatic N) is 2. The van der Waals surface area contributed by atoms with Gasteiger partial charge in [0, 0.05) is 32.7 Å². The van der Waals surface area contributed by atoms with Gasteiger partial charge in [0.1, 0.15) is 0 Å². The molecule has 1 aliphatic heterocycles. The topological polar surface area (TPSA) is 64.7 Å². The van der Waals surface area contributed by atoms with E-state index in [0.29, 0.717) is 25.0 Å². The molecule has 118 valence electrons. The lowest BCUT2D eigenvalue weighted by atomic mass is 10.1. The van der Waals surface area contributed by atoms with E-state index < -0.39 is 10.2 Å². The SMILES string of the molecule is CN1CCC(CNS(=O)(=O)N(C)CCCNC2CC2)C1. The first-order valence-electron chi connectivity index (χ1n) is 7.60. The Balaban J connectivity index is 1.62. The first-order chi connectivity index (χ1) is 9.47. The van der Waals surface area contributed by atoms with Crippen LogP contribution in [0.5, 0.6) is 0 Å². The lowest BCUT2D eigenvalue weighted by Gasteiger charge is -2.19. The first-order valence-corrected chi connectivity index (χ1v) is 9.04. The maximum Gasteiger partial charge on any atom is 0.279 e. The van der Waals surface area contributed by atoms with Gasteiger partial charge in [-0.1, -0.05) is 0 Å². The maximum atomic E-state index is 12.1. The predicted octanol–water partition coefficient (Wildman–Crippen LogP) is -0.154. The zero-order valence-corrected chi connectivity index (χ0v) is 13.5. The van der Waals surface area contributed by atoms with Gasteiger partial charge in [-0.25, -0.2) is 4.72 Å². The fourth-order valence-corrected chi connectivity index (χ4v) is 3.58. The molecule has 1 heterocycles. The van der Waals surface area contributed by atoms with E-state index in [4.69, 9.17) is 0 Å². The molecule has 2 N–H and O–H groups in total. The van der Waals surface area contributed by atoms with E-state index in [1.165, 1.54) is 17.1 Å². The monoisotopic (exact) mass is 304 g/mol. The van der Waals surface area contributed by atoms with Gasteiger partial charge in [0.2, 0.25) is 0 Å². The summed E-state index contributed by atoms with van der Waals surface area (Å²) in [5.74, 6) is 0.444. The molecule has 0 aromatic rings. The second kappa shape index (κ2) is 7.17. The van der Waals surface area contributed by atoms with Crippen LogP contribution in [0.2, 0.25) is 0 Å². The van der Waals surface area contributed by atoms with Crippen LogP contribution in [0.1, 0.15) is 25.7 Å². The Morgan fingerprint density at radius 2 is 2.05 bits per heavy atom. The molecule has 20 heavy (non-hydrogen) atoms. The Morgan fingerprint density at radius 3 is 2.65 bits per heavy atom. The van der Waals surface area contributed by atoms with Crippen molar-refractivity contribution in [1.82, 2.24) is 19.2 Å². The second-order valence-corrected chi connectivity index (χ2v) is 8.04. The lowest BCUT2D eigenvalue weighted by Crippen LogP contribution is -2.41. The molecule has 1 atom stereocenters. The molecule has 0 amide bonds. The molecule has 1 unspecified atom stereocenters. The van der Waals surface area contributed by atoms with Crippen molar-refractivity contribution < 1.29 is 8.42 Å². The van der Waals surface area contributed by atoms with E-state index in [2.05, 4.69) is 22.0 Å². The third-order valence-corrected chi connectivity index (χ3v) is 5.65. The van der Waals surface area contributed by atoms with Crippen LogP contribution in [0, 0.1) is 5.92 Å². The fourth-order valence-electron chi connectivity index (χ4n) is 2.54. The van der Waals surface area contributed by atoms with Gasteiger partial charge in [0.15, 0.2) is 0 Å².